The van der Waals surface area contributed by atoms with Crippen molar-refractivity contribution >= 4 is 22.9 Å². The summed E-state index contributed by atoms with van der Waals surface area (Å²) in [4.78, 5) is 4.40. The molecule has 0 spiro atoms. The van der Waals surface area contributed by atoms with Gasteiger partial charge in [-0.2, -0.15) is 0 Å². The van der Waals surface area contributed by atoms with E-state index in [0.717, 1.165) is 17.8 Å². The molecule has 0 radical (unpaired) electrons. The summed E-state index contributed by atoms with van der Waals surface area (Å²) in [7, 11) is 0. The topological polar surface area (TPSA) is 50.9 Å². The third-order valence-corrected chi connectivity index (χ3v) is 2.65. The van der Waals surface area contributed by atoms with Gasteiger partial charge in [-0.15, -0.1) is 0 Å². The molecule has 4 heteroatoms. The first-order valence-corrected chi connectivity index (χ1v) is 5.69. The number of thiocarbonyl (C=S) groups is 1. The van der Waals surface area contributed by atoms with E-state index in [9.17, 15) is 0 Å². The highest BCUT2D eigenvalue weighted by Crippen LogP contribution is 2.10. The minimum absolute atomic E-state index is 0.422. The Labute approximate surface area is 106 Å². The number of pyridine rings is 1. The van der Waals surface area contributed by atoms with Crippen molar-refractivity contribution in [2.45, 2.75) is 6.54 Å². The molecule has 0 amide bonds. The Hall–Kier alpha value is -1.94. The smallest absolute Gasteiger partial charge is 0.103 e. The highest BCUT2D eigenvalue weighted by Gasteiger charge is 1.96. The van der Waals surface area contributed by atoms with Crippen LogP contribution in [0.2, 0.25) is 0 Å². The molecule has 0 saturated carbocycles. The zero-order valence-corrected chi connectivity index (χ0v) is 10.1. The van der Waals surface area contributed by atoms with Crippen LogP contribution in [0.25, 0.3) is 0 Å². The van der Waals surface area contributed by atoms with E-state index in [4.69, 9.17) is 18.0 Å². The molecule has 3 N–H and O–H groups in total. The summed E-state index contributed by atoms with van der Waals surface area (Å²) in [6.45, 7) is 0.773. The molecule has 86 valence electrons. The normalized spacial score (nSPS) is 9.88. The monoisotopic (exact) mass is 243 g/mol. The molecule has 2 aromatic rings. The van der Waals surface area contributed by atoms with Gasteiger partial charge in [0.05, 0.1) is 0 Å². The van der Waals surface area contributed by atoms with Gasteiger partial charge in [-0.1, -0.05) is 12.2 Å². The van der Waals surface area contributed by atoms with E-state index in [-0.39, 0.29) is 0 Å². The average molecular weight is 243 g/mol. The first-order valence-electron chi connectivity index (χ1n) is 5.28. The number of hydrogen-bond acceptors (Lipinski definition) is 3. The number of anilines is 1. The summed E-state index contributed by atoms with van der Waals surface area (Å²) in [6, 6.07) is 11.7. The van der Waals surface area contributed by atoms with Crippen molar-refractivity contribution in [3.8, 4) is 0 Å². The van der Waals surface area contributed by atoms with Crippen LogP contribution in [0.5, 0.6) is 0 Å². The van der Waals surface area contributed by atoms with Crippen LogP contribution < -0.4 is 11.1 Å². The standard InChI is InChI=1S/C13H13N3S/c14-13(17)11-1-3-12(4-2-11)16-9-10-5-7-15-8-6-10/h1-8,16H,9H2,(H2,14,17). The maximum Gasteiger partial charge on any atom is 0.103 e. The first kappa shape index (κ1) is 11.5. The van der Waals surface area contributed by atoms with Gasteiger partial charge in [0.25, 0.3) is 0 Å². The summed E-state index contributed by atoms with van der Waals surface area (Å²) in [6.07, 6.45) is 3.57. The van der Waals surface area contributed by atoms with Gasteiger partial charge in [0.2, 0.25) is 0 Å². The molecule has 3 nitrogen and oxygen atoms in total. The molecular formula is C13H13N3S. The van der Waals surface area contributed by atoms with Crippen LogP contribution in [0, 0.1) is 0 Å². The zero-order chi connectivity index (χ0) is 12.1. The third kappa shape index (κ3) is 3.26. The second-order valence-electron chi connectivity index (χ2n) is 3.65. The number of hydrogen-bond donors (Lipinski definition) is 2. The first-order chi connectivity index (χ1) is 8.25. The van der Waals surface area contributed by atoms with Gasteiger partial charge in [0.15, 0.2) is 0 Å². The van der Waals surface area contributed by atoms with Crippen LogP contribution in [0.1, 0.15) is 11.1 Å². The number of nitrogens with one attached hydrogen (secondary N) is 1. The van der Waals surface area contributed by atoms with Crippen LogP contribution in [0.3, 0.4) is 0 Å². The predicted octanol–water partition coefficient (Wildman–Crippen LogP) is 2.33. The van der Waals surface area contributed by atoms with E-state index in [1.807, 2.05) is 36.4 Å². The van der Waals surface area contributed by atoms with Gasteiger partial charge < -0.3 is 11.1 Å². The van der Waals surface area contributed by atoms with Crippen molar-refractivity contribution in [3.63, 3.8) is 0 Å². The van der Waals surface area contributed by atoms with Crippen LogP contribution in [0.15, 0.2) is 48.8 Å². The number of aromatic nitrogens is 1. The Balaban J connectivity index is 1.98. The molecule has 0 aliphatic carbocycles. The van der Waals surface area contributed by atoms with Crippen molar-refractivity contribution in [2.75, 3.05) is 5.32 Å². The minimum atomic E-state index is 0.422. The van der Waals surface area contributed by atoms with Crippen molar-refractivity contribution in [2.24, 2.45) is 5.73 Å². The van der Waals surface area contributed by atoms with E-state index in [2.05, 4.69) is 10.3 Å². The second kappa shape index (κ2) is 5.41. The molecule has 1 aromatic carbocycles. The molecule has 1 heterocycles. The van der Waals surface area contributed by atoms with E-state index < -0.39 is 0 Å². The summed E-state index contributed by atoms with van der Waals surface area (Å²) in [5.41, 5.74) is 8.65. The minimum Gasteiger partial charge on any atom is -0.389 e. The Morgan fingerprint density at radius 3 is 2.35 bits per heavy atom. The Morgan fingerprint density at radius 2 is 1.76 bits per heavy atom. The van der Waals surface area contributed by atoms with Gasteiger partial charge in [0, 0.05) is 30.2 Å². The van der Waals surface area contributed by atoms with E-state index >= 15 is 0 Å². The quantitative estimate of drug-likeness (QED) is 0.809. The lowest BCUT2D eigenvalue weighted by Crippen LogP contribution is -2.09. The van der Waals surface area contributed by atoms with E-state index in [1.165, 1.54) is 5.56 Å². The van der Waals surface area contributed by atoms with Crippen molar-refractivity contribution in [3.05, 3.63) is 59.9 Å². The van der Waals surface area contributed by atoms with Gasteiger partial charge in [-0.05, 0) is 42.0 Å². The molecular weight excluding hydrogens is 230 g/mol. The summed E-state index contributed by atoms with van der Waals surface area (Å²) < 4.78 is 0. The fourth-order valence-electron chi connectivity index (χ4n) is 1.46. The maximum absolute atomic E-state index is 5.53. The highest BCUT2D eigenvalue weighted by molar-refractivity contribution is 7.80. The molecule has 0 aliphatic heterocycles. The van der Waals surface area contributed by atoms with Crippen LogP contribution in [0.4, 0.5) is 5.69 Å². The third-order valence-electron chi connectivity index (χ3n) is 2.42. The SMILES string of the molecule is NC(=S)c1ccc(NCc2ccncc2)cc1. The lowest BCUT2D eigenvalue weighted by Gasteiger charge is -2.07. The number of nitrogens with two attached hydrogens (primary N) is 1. The Kier molecular flexibility index (Phi) is 3.67. The van der Waals surface area contributed by atoms with E-state index in [0.29, 0.717) is 4.99 Å². The molecule has 2 rings (SSSR count). The lowest BCUT2D eigenvalue weighted by molar-refractivity contribution is 1.13. The number of benzene rings is 1. The average Bonchev–Trinajstić information content (AvgIpc) is 2.38. The molecule has 0 unspecified atom stereocenters. The van der Waals surface area contributed by atoms with E-state index in [1.54, 1.807) is 12.4 Å². The van der Waals surface area contributed by atoms with Crippen molar-refractivity contribution < 1.29 is 0 Å². The fourth-order valence-corrected chi connectivity index (χ4v) is 1.59. The molecule has 0 bridgehead atoms. The number of rotatable bonds is 4. The fraction of sp³-hybridized carbons (Fsp3) is 0.0769. The lowest BCUT2D eigenvalue weighted by atomic mass is 10.2. The predicted molar refractivity (Wildman–Crippen MR) is 73.9 cm³/mol. The Morgan fingerprint density at radius 1 is 1.12 bits per heavy atom. The summed E-state index contributed by atoms with van der Waals surface area (Å²) in [5, 5.41) is 3.32. The Bertz CT molecular complexity index is 494. The maximum atomic E-state index is 5.53. The molecule has 0 fully saturated rings. The largest absolute Gasteiger partial charge is 0.389 e. The molecule has 0 saturated heterocycles. The summed E-state index contributed by atoms with van der Waals surface area (Å²) >= 11 is 4.90. The van der Waals surface area contributed by atoms with Gasteiger partial charge in [-0.3, -0.25) is 4.98 Å². The zero-order valence-electron chi connectivity index (χ0n) is 9.26. The van der Waals surface area contributed by atoms with Gasteiger partial charge in [-0.25, -0.2) is 0 Å². The molecule has 0 atom stereocenters. The molecule has 17 heavy (non-hydrogen) atoms. The summed E-state index contributed by atoms with van der Waals surface area (Å²) in [5.74, 6) is 0. The van der Waals surface area contributed by atoms with Gasteiger partial charge >= 0.3 is 0 Å². The molecule has 1 aromatic heterocycles. The van der Waals surface area contributed by atoms with Crippen LogP contribution in [-0.2, 0) is 6.54 Å². The van der Waals surface area contributed by atoms with Gasteiger partial charge in [0.1, 0.15) is 4.99 Å². The molecule has 0 aliphatic rings. The number of nitrogens with zero attached hydrogens (tertiary/aromatic N) is 1. The van der Waals surface area contributed by atoms with Crippen LogP contribution >= 0.6 is 12.2 Å². The second-order valence-corrected chi connectivity index (χ2v) is 4.09. The van der Waals surface area contributed by atoms with Crippen molar-refractivity contribution in [1.82, 2.24) is 4.98 Å². The van der Waals surface area contributed by atoms with Crippen LogP contribution in [-0.4, -0.2) is 9.97 Å². The van der Waals surface area contributed by atoms with Crippen molar-refractivity contribution in [1.29, 1.82) is 0 Å². The highest BCUT2D eigenvalue weighted by atomic mass is 32.1.